The lowest BCUT2D eigenvalue weighted by Gasteiger charge is -2.14. The summed E-state index contributed by atoms with van der Waals surface area (Å²) in [5, 5.41) is 3.47. The molecule has 1 amide bonds. The number of halogens is 3. The molecule has 0 aromatic heterocycles. The number of amides is 1. The molecule has 2 rings (SSSR count). The Labute approximate surface area is 133 Å². The number of carbonyl (C=O) groups excluding carboxylic acids is 1. The Morgan fingerprint density at radius 1 is 1.18 bits per heavy atom. The highest BCUT2D eigenvalue weighted by Gasteiger charge is 2.10. The molecule has 0 saturated heterocycles. The average molecular weight is 324 g/mol. The maximum Gasteiger partial charge on any atom is 0.220 e. The molecule has 0 bridgehead atoms. The second kappa shape index (κ2) is 7.36. The standard InChI is InChI=1S/C17H16ClF2NO/c1-11(13-3-2-4-14(18)10-13)21-17(22)8-6-12-5-7-15(19)16(20)9-12/h2-5,7,9-11H,6,8H2,1H3,(H,21,22)/t11-/m1/s1. The van der Waals surface area contributed by atoms with Crippen LogP contribution in [0.1, 0.15) is 30.5 Å². The average Bonchev–Trinajstić information content (AvgIpc) is 2.48. The highest BCUT2D eigenvalue weighted by molar-refractivity contribution is 6.30. The van der Waals surface area contributed by atoms with Crippen molar-refractivity contribution in [2.75, 3.05) is 0 Å². The minimum atomic E-state index is -0.898. The third-order valence-corrected chi connectivity index (χ3v) is 3.59. The lowest BCUT2D eigenvalue weighted by Crippen LogP contribution is -2.26. The summed E-state index contributed by atoms with van der Waals surface area (Å²) in [7, 11) is 0. The molecule has 0 heterocycles. The van der Waals surface area contributed by atoms with E-state index in [0.29, 0.717) is 17.0 Å². The molecule has 0 saturated carbocycles. The van der Waals surface area contributed by atoms with Crippen LogP contribution in [0.5, 0.6) is 0 Å². The van der Waals surface area contributed by atoms with Crippen molar-refractivity contribution in [1.82, 2.24) is 5.32 Å². The van der Waals surface area contributed by atoms with Crippen LogP contribution in [0.15, 0.2) is 42.5 Å². The summed E-state index contributed by atoms with van der Waals surface area (Å²) in [6, 6.07) is 10.8. The fourth-order valence-electron chi connectivity index (χ4n) is 2.13. The van der Waals surface area contributed by atoms with E-state index >= 15 is 0 Å². The van der Waals surface area contributed by atoms with Crippen LogP contribution in [0.3, 0.4) is 0 Å². The lowest BCUT2D eigenvalue weighted by atomic mass is 10.1. The Kier molecular flexibility index (Phi) is 5.50. The normalized spacial score (nSPS) is 12.0. The summed E-state index contributed by atoms with van der Waals surface area (Å²) in [6.07, 6.45) is 0.557. The van der Waals surface area contributed by atoms with Crippen molar-refractivity contribution < 1.29 is 13.6 Å². The third kappa shape index (κ3) is 4.53. The van der Waals surface area contributed by atoms with Crippen molar-refractivity contribution in [3.05, 3.63) is 70.2 Å². The Hall–Kier alpha value is -1.94. The number of rotatable bonds is 5. The van der Waals surface area contributed by atoms with Gasteiger partial charge in [-0.1, -0.05) is 29.8 Å². The van der Waals surface area contributed by atoms with Gasteiger partial charge in [0.1, 0.15) is 0 Å². The molecule has 0 aliphatic heterocycles. The Morgan fingerprint density at radius 2 is 1.95 bits per heavy atom. The molecule has 0 radical (unpaired) electrons. The summed E-state index contributed by atoms with van der Waals surface area (Å²) in [5.41, 5.74) is 1.50. The van der Waals surface area contributed by atoms with Crippen molar-refractivity contribution in [3.63, 3.8) is 0 Å². The number of hydrogen-bond donors (Lipinski definition) is 1. The number of hydrogen-bond acceptors (Lipinski definition) is 1. The van der Waals surface area contributed by atoms with E-state index in [1.54, 1.807) is 12.1 Å². The quantitative estimate of drug-likeness (QED) is 0.866. The monoisotopic (exact) mass is 323 g/mol. The van der Waals surface area contributed by atoms with E-state index in [-0.39, 0.29) is 18.4 Å². The first kappa shape index (κ1) is 16.4. The number of aryl methyl sites for hydroxylation is 1. The zero-order valence-corrected chi connectivity index (χ0v) is 12.8. The molecule has 0 aliphatic carbocycles. The maximum absolute atomic E-state index is 13.1. The van der Waals surface area contributed by atoms with E-state index in [9.17, 15) is 13.6 Å². The van der Waals surface area contributed by atoms with E-state index in [4.69, 9.17) is 11.6 Å². The summed E-state index contributed by atoms with van der Waals surface area (Å²) in [4.78, 5) is 11.9. The molecule has 0 unspecified atom stereocenters. The fraction of sp³-hybridized carbons (Fsp3) is 0.235. The van der Waals surface area contributed by atoms with Gasteiger partial charge in [0, 0.05) is 11.4 Å². The molecule has 2 aromatic carbocycles. The minimum absolute atomic E-state index is 0.155. The molecular formula is C17H16ClF2NO. The predicted molar refractivity (Wildman–Crippen MR) is 82.7 cm³/mol. The van der Waals surface area contributed by atoms with Gasteiger partial charge in [0.25, 0.3) is 0 Å². The summed E-state index contributed by atoms with van der Waals surface area (Å²) in [6.45, 7) is 1.86. The first-order valence-corrected chi connectivity index (χ1v) is 7.32. The van der Waals surface area contributed by atoms with E-state index in [0.717, 1.165) is 17.7 Å². The van der Waals surface area contributed by atoms with Crippen LogP contribution in [0.2, 0.25) is 5.02 Å². The van der Waals surface area contributed by atoms with Gasteiger partial charge in [0.2, 0.25) is 5.91 Å². The van der Waals surface area contributed by atoms with Crippen LogP contribution >= 0.6 is 11.6 Å². The van der Waals surface area contributed by atoms with Gasteiger partial charge in [-0.3, -0.25) is 4.79 Å². The zero-order valence-electron chi connectivity index (χ0n) is 12.1. The smallest absolute Gasteiger partial charge is 0.220 e. The summed E-state index contributed by atoms with van der Waals surface area (Å²) in [5.74, 6) is -1.94. The van der Waals surface area contributed by atoms with E-state index in [2.05, 4.69) is 5.32 Å². The van der Waals surface area contributed by atoms with Gasteiger partial charge in [0.15, 0.2) is 11.6 Å². The van der Waals surface area contributed by atoms with E-state index in [1.807, 2.05) is 19.1 Å². The van der Waals surface area contributed by atoms with Gasteiger partial charge < -0.3 is 5.32 Å². The summed E-state index contributed by atoms with van der Waals surface area (Å²) >= 11 is 5.92. The van der Waals surface area contributed by atoms with Gasteiger partial charge in [-0.15, -0.1) is 0 Å². The molecule has 1 atom stereocenters. The van der Waals surface area contributed by atoms with E-state index in [1.165, 1.54) is 6.07 Å². The number of nitrogens with one attached hydrogen (secondary N) is 1. The fourth-order valence-corrected chi connectivity index (χ4v) is 2.32. The maximum atomic E-state index is 13.1. The van der Waals surface area contributed by atoms with Gasteiger partial charge in [-0.25, -0.2) is 8.78 Å². The topological polar surface area (TPSA) is 29.1 Å². The Bertz CT molecular complexity index is 675. The highest BCUT2D eigenvalue weighted by Crippen LogP contribution is 2.17. The second-order valence-corrected chi connectivity index (χ2v) is 5.53. The SMILES string of the molecule is C[C@@H](NC(=O)CCc1ccc(F)c(F)c1)c1cccc(Cl)c1. The van der Waals surface area contributed by atoms with Crippen LogP contribution in [0.25, 0.3) is 0 Å². The van der Waals surface area contributed by atoms with Crippen LogP contribution in [-0.4, -0.2) is 5.91 Å². The number of benzene rings is 2. The van der Waals surface area contributed by atoms with E-state index < -0.39 is 11.6 Å². The zero-order chi connectivity index (χ0) is 16.1. The Morgan fingerprint density at radius 3 is 2.64 bits per heavy atom. The largest absolute Gasteiger partial charge is 0.350 e. The molecule has 2 aromatic rings. The first-order chi connectivity index (χ1) is 10.5. The number of carbonyl (C=O) groups is 1. The molecule has 0 spiro atoms. The van der Waals surface area contributed by atoms with Gasteiger partial charge in [-0.2, -0.15) is 0 Å². The summed E-state index contributed by atoms with van der Waals surface area (Å²) < 4.78 is 25.9. The molecular weight excluding hydrogens is 308 g/mol. The van der Waals surface area contributed by atoms with Crippen LogP contribution in [0.4, 0.5) is 8.78 Å². The van der Waals surface area contributed by atoms with Gasteiger partial charge >= 0.3 is 0 Å². The van der Waals surface area contributed by atoms with Crippen molar-refractivity contribution in [1.29, 1.82) is 0 Å². The predicted octanol–water partition coefficient (Wildman–Crippen LogP) is 4.43. The third-order valence-electron chi connectivity index (χ3n) is 3.35. The molecule has 0 aliphatic rings. The van der Waals surface area contributed by atoms with Crippen LogP contribution in [-0.2, 0) is 11.2 Å². The van der Waals surface area contributed by atoms with Crippen molar-refractivity contribution >= 4 is 17.5 Å². The van der Waals surface area contributed by atoms with Crippen molar-refractivity contribution in [2.45, 2.75) is 25.8 Å². The molecule has 2 nitrogen and oxygen atoms in total. The lowest BCUT2D eigenvalue weighted by molar-refractivity contribution is -0.121. The van der Waals surface area contributed by atoms with Crippen LogP contribution < -0.4 is 5.32 Å². The van der Waals surface area contributed by atoms with Crippen molar-refractivity contribution in [2.24, 2.45) is 0 Å². The molecule has 5 heteroatoms. The second-order valence-electron chi connectivity index (χ2n) is 5.09. The van der Waals surface area contributed by atoms with Crippen LogP contribution in [0, 0.1) is 11.6 Å². The molecule has 22 heavy (non-hydrogen) atoms. The van der Waals surface area contributed by atoms with Gasteiger partial charge in [0.05, 0.1) is 6.04 Å². The molecule has 116 valence electrons. The first-order valence-electron chi connectivity index (χ1n) is 6.94. The van der Waals surface area contributed by atoms with Crippen molar-refractivity contribution in [3.8, 4) is 0 Å². The van der Waals surface area contributed by atoms with Gasteiger partial charge in [-0.05, 0) is 48.7 Å². The Balaban J connectivity index is 1.88. The highest BCUT2D eigenvalue weighted by atomic mass is 35.5. The minimum Gasteiger partial charge on any atom is -0.350 e. The molecule has 0 fully saturated rings. The molecule has 1 N–H and O–H groups in total.